The average Bonchev–Trinajstić information content (AvgIpc) is 2.96. The third kappa shape index (κ3) is 3.33. The highest BCUT2D eigenvalue weighted by molar-refractivity contribution is 7.91. The fraction of sp³-hybridized carbons (Fsp3) is 1.00. The summed E-state index contributed by atoms with van der Waals surface area (Å²) in [6.45, 7) is 0.914. The lowest BCUT2D eigenvalue weighted by atomic mass is 9.71. The third-order valence-electron chi connectivity index (χ3n) is 5.73. The molecule has 1 spiro atoms. The van der Waals surface area contributed by atoms with Crippen molar-refractivity contribution in [3.8, 4) is 0 Å². The van der Waals surface area contributed by atoms with E-state index in [1.54, 1.807) is 0 Å². The molecule has 1 heterocycles. The van der Waals surface area contributed by atoms with E-state index in [2.05, 4.69) is 5.32 Å². The Hall–Kier alpha value is -0.0900. The molecule has 3 aliphatic rings. The van der Waals surface area contributed by atoms with Crippen LogP contribution in [0.2, 0.25) is 0 Å². The van der Waals surface area contributed by atoms with Gasteiger partial charge in [-0.3, -0.25) is 0 Å². The van der Waals surface area contributed by atoms with Gasteiger partial charge >= 0.3 is 0 Å². The lowest BCUT2D eigenvalue weighted by Crippen LogP contribution is -2.39. The molecule has 110 valence electrons. The molecule has 2 aliphatic carbocycles. The zero-order valence-corrected chi connectivity index (χ0v) is 12.7. The highest BCUT2D eigenvalue weighted by atomic mass is 32.2. The summed E-state index contributed by atoms with van der Waals surface area (Å²) in [5.41, 5.74) is 0.703. The molecule has 0 amide bonds. The first kappa shape index (κ1) is 13.9. The minimum atomic E-state index is -2.71. The molecule has 1 N–H and O–H groups in total. The zero-order valence-electron chi connectivity index (χ0n) is 11.9. The van der Waals surface area contributed by atoms with Crippen LogP contribution >= 0.6 is 0 Å². The van der Waals surface area contributed by atoms with Gasteiger partial charge in [0.15, 0.2) is 9.84 Å². The van der Waals surface area contributed by atoms with Crippen molar-refractivity contribution in [3.05, 3.63) is 0 Å². The zero-order chi connectivity index (χ0) is 13.3. The van der Waals surface area contributed by atoms with Crippen LogP contribution in [0, 0.1) is 11.3 Å². The Morgan fingerprint density at radius 2 is 1.68 bits per heavy atom. The predicted octanol–water partition coefficient (Wildman–Crippen LogP) is 2.51. The van der Waals surface area contributed by atoms with E-state index < -0.39 is 9.84 Å². The third-order valence-corrected chi connectivity index (χ3v) is 7.57. The van der Waals surface area contributed by atoms with Crippen molar-refractivity contribution < 1.29 is 8.42 Å². The molecule has 1 aliphatic heterocycles. The Labute approximate surface area is 117 Å². The van der Waals surface area contributed by atoms with Crippen LogP contribution in [0.25, 0.3) is 0 Å². The van der Waals surface area contributed by atoms with Gasteiger partial charge < -0.3 is 5.32 Å². The first-order valence-electron chi connectivity index (χ1n) is 8.01. The molecule has 0 radical (unpaired) electrons. The van der Waals surface area contributed by atoms with Crippen LogP contribution < -0.4 is 5.32 Å². The van der Waals surface area contributed by atoms with E-state index in [-0.39, 0.29) is 0 Å². The van der Waals surface area contributed by atoms with Crippen LogP contribution in [-0.2, 0) is 9.84 Å². The summed E-state index contributed by atoms with van der Waals surface area (Å²) in [7, 11) is -2.71. The molecule has 0 aromatic carbocycles. The van der Waals surface area contributed by atoms with Gasteiger partial charge in [0.25, 0.3) is 0 Å². The molecule has 3 nitrogen and oxygen atoms in total. The fourth-order valence-electron chi connectivity index (χ4n) is 4.43. The standard InChI is InChI=1S/C15H27NO2S/c17-19(18)10-5-13(12-19)11-16-14-3-8-15(9-4-14)6-1-2-7-15/h13-14,16H,1-12H2. The summed E-state index contributed by atoms with van der Waals surface area (Å²) in [6, 6.07) is 0.648. The van der Waals surface area contributed by atoms with Crippen molar-refractivity contribution in [2.45, 2.75) is 63.8 Å². The van der Waals surface area contributed by atoms with Gasteiger partial charge in [-0.2, -0.15) is 0 Å². The van der Waals surface area contributed by atoms with E-state index >= 15 is 0 Å². The smallest absolute Gasteiger partial charge is 0.150 e. The molecule has 3 fully saturated rings. The molecule has 1 atom stereocenters. The van der Waals surface area contributed by atoms with Crippen LogP contribution in [0.1, 0.15) is 57.8 Å². The molecule has 2 saturated carbocycles. The second kappa shape index (κ2) is 5.36. The van der Waals surface area contributed by atoms with Crippen LogP contribution in [0.5, 0.6) is 0 Å². The summed E-state index contributed by atoms with van der Waals surface area (Å²) in [6.07, 6.45) is 12.1. The molecular weight excluding hydrogens is 258 g/mol. The Balaban J connectivity index is 1.41. The van der Waals surface area contributed by atoms with Crippen molar-refractivity contribution in [2.24, 2.45) is 11.3 Å². The molecule has 3 rings (SSSR count). The Morgan fingerprint density at radius 3 is 2.26 bits per heavy atom. The highest BCUT2D eigenvalue weighted by Gasteiger charge is 2.37. The first-order valence-corrected chi connectivity index (χ1v) is 9.83. The van der Waals surface area contributed by atoms with Gasteiger partial charge in [-0.25, -0.2) is 8.42 Å². The maximum absolute atomic E-state index is 11.4. The van der Waals surface area contributed by atoms with Gasteiger partial charge in [0.1, 0.15) is 0 Å². The van der Waals surface area contributed by atoms with E-state index in [1.807, 2.05) is 0 Å². The van der Waals surface area contributed by atoms with E-state index in [9.17, 15) is 8.42 Å². The maximum atomic E-state index is 11.4. The molecular formula is C15H27NO2S. The summed E-state index contributed by atoms with van der Waals surface area (Å²) < 4.78 is 22.9. The van der Waals surface area contributed by atoms with Crippen molar-refractivity contribution in [2.75, 3.05) is 18.1 Å². The second-order valence-corrected chi connectivity index (χ2v) is 9.39. The van der Waals surface area contributed by atoms with Crippen LogP contribution in [0.3, 0.4) is 0 Å². The van der Waals surface area contributed by atoms with Gasteiger partial charge in [0, 0.05) is 6.04 Å². The van der Waals surface area contributed by atoms with Crippen LogP contribution in [0.15, 0.2) is 0 Å². The average molecular weight is 285 g/mol. The lowest BCUT2D eigenvalue weighted by Gasteiger charge is -2.38. The number of hydrogen-bond acceptors (Lipinski definition) is 3. The Bertz CT molecular complexity index is 402. The summed E-state index contributed by atoms with van der Waals surface area (Å²) in [5.74, 6) is 1.19. The minimum Gasteiger partial charge on any atom is -0.314 e. The molecule has 4 heteroatoms. The van der Waals surface area contributed by atoms with E-state index in [1.165, 1.54) is 51.4 Å². The van der Waals surface area contributed by atoms with Crippen molar-refractivity contribution >= 4 is 9.84 Å². The molecule has 19 heavy (non-hydrogen) atoms. The number of nitrogens with one attached hydrogen (secondary N) is 1. The van der Waals surface area contributed by atoms with Gasteiger partial charge in [0.05, 0.1) is 11.5 Å². The topological polar surface area (TPSA) is 46.2 Å². The largest absolute Gasteiger partial charge is 0.314 e. The summed E-state index contributed by atoms with van der Waals surface area (Å²) in [5, 5.41) is 3.64. The normalized spacial score (nSPS) is 34.0. The van der Waals surface area contributed by atoms with E-state index in [0.29, 0.717) is 28.9 Å². The van der Waals surface area contributed by atoms with Crippen molar-refractivity contribution in [1.29, 1.82) is 0 Å². The van der Waals surface area contributed by atoms with E-state index in [4.69, 9.17) is 0 Å². The molecule has 0 aromatic rings. The van der Waals surface area contributed by atoms with Gasteiger partial charge in [-0.15, -0.1) is 0 Å². The SMILES string of the molecule is O=S1(=O)CCC(CNC2CCC3(CCCC3)CC2)C1. The predicted molar refractivity (Wildman–Crippen MR) is 77.9 cm³/mol. The van der Waals surface area contributed by atoms with E-state index in [0.717, 1.165) is 13.0 Å². The monoisotopic (exact) mass is 285 g/mol. The number of rotatable bonds is 3. The Morgan fingerprint density at radius 1 is 1.00 bits per heavy atom. The number of hydrogen-bond donors (Lipinski definition) is 1. The van der Waals surface area contributed by atoms with Crippen molar-refractivity contribution in [1.82, 2.24) is 5.32 Å². The maximum Gasteiger partial charge on any atom is 0.150 e. The molecule has 0 bridgehead atoms. The van der Waals surface area contributed by atoms with Gasteiger partial charge in [-0.05, 0) is 62.8 Å². The highest BCUT2D eigenvalue weighted by Crippen LogP contribution is 2.48. The molecule has 1 unspecified atom stereocenters. The van der Waals surface area contributed by atoms with Crippen molar-refractivity contribution in [3.63, 3.8) is 0 Å². The fourth-order valence-corrected chi connectivity index (χ4v) is 6.29. The minimum absolute atomic E-state index is 0.368. The second-order valence-electron chi connectivity index (χ2n) is 7.16. The quantitative estimate of drug-likeness (QED) is 0.866. The molecule has 0 aromatic heterocycles. The first-order chi connectivity index (χ1) is 9.07. The van der Waals surface area contributed by atoms with Crippen LogP contribution in [0.4, 0.5) is 0 Å². The summed E-state index contributed by atoms with van der Waals surface area (Å²) >= 11 is 0. The molecule has 1 saturated heterocycles. The lowest BCUT2D eigenvalue weighted by molar-refractivity contribution is 0.167. The number of sulfone groups is 1. The summed E-state index contributed by atoms with van der Waals surface area (Å²) in [4.78, 5) is 0. The Kier molecular flexibility index (Phi) is 3.91. The van der Waals surface area contributed by atoms with Gasteiger partial charge in [-0.1, -0.05) is 12.8 Å². The van der Waals surface area contributed by atoms with Gasteiger partial charge in [0.2, 0.25) is 0 Å². The van der Waals surface area contributed by atoms with Crippen LogP contribution in [-0.4, -0.2) is 32.5 Å².